The molecule has 0 spiro atoms. The summed E-state index contributed by atoms with van der Waals surface area (Å²) in [6.45, 7) is 11.9. The molecule has 1 N–H and O–H groups in total. The third kappa shape index (κ3) is 5.08. The molecular weight excluding hydrogens is 360 g/mol. The molecule has 0 saturated heterocycles. The molecule has 0 saturated carbocycles. The Bertz CT molecular complexity index is 938. The second-order valence-electron chi connectivity index (χ2n) is 6.22. The lowest BCUT2D eigenvalue weighted by molar-refractivity contribution is 0.0791. The Morgan fingerprint density at radius 3 is 2.11 bits per heavy atom. The van der Waals surface area contributed by atoms with Crippen molar-refractivity contribution < 1.29 is 13.2 Å². The first-order valence-electron chi connectivity index (χ1n) is 8.49. The third-order valence-corrected chi connectivity index (χ3v) is 5.54. The molecule has 5 nitrogen and oxygen atoms in total. The van der Waals surface area contributed by atoms with Crippen LogP contribution in [-0.2, 0) is 10.0 Å². The Morgan fingerprint density at radius 1 is 1.00 bits per heavy atom. The van der Waals surface area contributed by atoms with Crippen molar-refractivity contribution in [3.8, 4) is 0 Å². The van der Waals surface area contributed by atoms with E-state index in [1.54, 1.807) is 59.5 Å². The van der Waals surface area contributed by atoms with Crippen LogP contribution in [0.15, 0.2) is 72.7 Å². The van der Waals surface area contributed by atoms with Crippen LogP contribution in [0.1, 0.15) is 21.5 Å². The van der Waals surface area contributed by atoms with Crippen molar-refractivity contribution in [2.75, 3.05) is 17.8 Å². The first-order valence-corrected chi connectivity index (χ1v) is 9.98. The number of carbonyl (C=O) groups is 1. The van der Waals surface area contributed by atoms with Gasteiger partial charge in [0.25, 0.3) is 15.9 Å². The largest absolute Gasteiger partial charge is 0.331 e. The van der Waals surface area contributed by atoms with Crippen LogP contribution < -0.4 is 4.72 Å². The van der Waals surface area contributed by atoms with Gasteiger partial charge in [0, 0.05) is 24.3 Å². The van der Waals surface area contributed by atoms with Crippen LogP contribution in [-0.4, -0.2) is 32.3 Å². The highest BCUT2D eigenvalue weighted by Crippen LogP contribution is 2.19. The maximum atomic E-state index is 12.6. The minimum atomic E-state index is -3.69. The zero-order valence-electron chi connectivity index (χ0n) is 15.6. The van der Waals surface area contributed by atoms with Crippen molar-refractivity contribution in [1.29, 1.82) is 0 Å². The van der Waals surface area contributed by atoms with Crippen LogP contribution in [0.2, 0.25) is 0 Å². The lowest BCUT2D eigenvalue weighted by atomic mass is 10.1. The predicted octanol–water partition coefficient (Wildman–Crippen LogP) is 3.92. The van der Waals surface area contributed by atoms with Crippen LogP contribution in [0.5, 0.6) is 0 Å². The summed E-state index contributed by atoms with van der Waals surface area (Å²) >= 11 is 0. The normalized spacial score (nSPS) is 10.9. The summed E-state index contributed by atoms with van der Waals surface area (Å²) in [7, 11) is -3.69. The second-order valence-corrected chi connectivity index (χ2v) is 7.90. The molecule has 27 heavy (non-hydrogen) atoms. The van der Waals surface area contributed by atoms with Crippen LogP contribution in [0.4, 0.5) is 5.69 Å². The average Bonchev–Trinajstić information content (AvgIpc) is 2.63. The number of benzene rings is 2. The van der Waals surface area contributed by atoms with Crippen molar-refractivity contribution in [1.82, 2.24) is 4.90 Å². The molecule has 0 aliphatic heterocycles. The first-order chi connectivity index (χ1) is 12.8. The van der Waals surface area contributed by atoms with E-state index < -0.39 is 10.0 Å². The molecule has 2 aromatic carbocycles. The Morgan fingerprint density at radius 2 is 1.59 bits per heavy atom. The van der Waals surface area contributed by atoms with E-state index in [1.165, 1.54) is 0 Å². The summed E-state index contributed by atoms with van der Waals surface area (Å²) in [5, 5.41) is 0. The highest BCUT2D eigenvalue weighted by atomic mass is 32.2. The number of carbonyl (C=O) groups excluding carboxylic acids is 1. The lowest BCUT2D eigenvalue weighted by Gasteiger charge is -2.19. The van der Waals surface area contributed by atoms with Gasteiger partial charge >= 0.3 is 0 Å². The van der Waals surface area contributed by atoms with Crippen molar-refractivity contribution in [2.24, 2.45) is 0 Å². The van der Waals surface area contributed by atoms with Crippen molar-refractivity contribution in [3.63, 3.8) is 0 Å². The molecule has 0 aliphatic rings. The first kappa shape index (κ1) is 20.5. The van der Waals surface area contributed by atoms with Crippen LogP contribution >= 0.6 is 0 Å². The topological polar surface area (TPSA) is 66.5 Å². The fourth-order valence-corrected chi connectivity index (χ4v) is 3.65. The lowest BCUT2D eigenvalue weighted by Crippen LogP contribution is -2.31. The monoisotopic (exact) mass is 384 g/mol. The summed E-state index contributed by atoms with van der Waals surface area (Å²) in [5.41, 5.74) is 2.79. The van der Waals surface area contributed by atoms with Gasteiger partial charge in [0.15, 0.2) is 0 Å². The van der Waals surface area contributed by atoms with Gasteiger partial charge in [-0.05, 0) is 61.4 Å². The number of rotatable bonds is 8. The summed E-state index contributed by atoms with van der Waals surface area (Å²) in [6, 6.07) is 11.3. The minimum absolute atomic E-state index is 0.168. The molecule has 0 unspecified atom stereocenters. The molecule has 6 heteroatoms. The number of hydrogen-bond donors (Lipinski definition) is 1. The fourth-order valence-electron chi connectivity index (χ4n) is 2.51. The number of sulfonamides is 1. The second kappa shape index (κ2) is 8.68. The van der Waals surface area contributed by atoms with Crippen LogP contribution in [0, 0.1) is 13.8 Å². The van der Waals surface area contributed by atoms with E-state index in [1.807, 2.05) is 13.8 Å². The van der Waals surface area contributed by atoms with Gasteiger partial charge in [-0.2, -0.15) is 0 Å². The molecule has 2 aromatic rings. The summed E-state index contributed by atoms with van der Waals surface area (Å²) in [4.78, 5) is 14.3. The van der Waals surface area contributed by atoms with Gasteiger partial charge in [-0.3, -0.25) is 9.52 Å². The van der Waals surface area contributed by atoms with Crippen molar-refractivity contribution in [3.05, 3.63) is 84.5 Å². The summed E-state index contributed by atoms with van der Waals surface area (Å²) in [5.74, 6) is -0.168. The third-order valence-electron chi connectivity index (χ3n) is 4.16. The molecular formula is C21H24N2O3S. The molecule has 0 aromatic heterocycles. The quantitative estimate of drug-likeness (QED) is 0.702. The molecule has 0 aliphatic carbocycles. The van der Waals surface area contributed by atoms with Gasteiger partial charge < -0.3 is 4.90 Å². The predicted molar refractivity (Wildman–Crippen MR) is 109 cm³/mol. The van der Waals surface area contributed by atoms with Gasteiger partial charge in [0.1, 0.15) is 0 Å². The highest BCUT2D eigenvalue weighted by Gasteiger charge is 2.16. The van der Waals surface area contributed by atoms with Gasteiger partial charge in [-0.25, -0.2) is 8.42 Å². The van der Waals surface area contributed by atoms with Crippen LogP contribution in [0.3, 0.4) is 0 Å². The zero-order chi connectivity index (χ0) is 20.0. The molecule has 2 rings (SSSR count). The SMILES string of the molecule is C=CCN(CC=C)C(=O)c1ccc(NS(=O)(=O)c2ccc(C)c(C)c2)cc1. The Labute approximate surface area is 161 Å². The zero-order valence-corrected chi connectivity index (χ0v) is 16.4. The van der Waals surface area contributed by atoms with Gasteiger partial charge in [0.2, 0.25) is 0 Å². The molecule has 0 fully saturated rings. The van der Waals surface area contributed by atoms with Crippen molar-refractivity contribution in [2.45, 2.75) is 18.7 Å². The Kier molecular flexibility index (Phi) is 6.58. The Hall–Kier alpha value is -2.86. The maximum absolute atomic E-state index is 12.6. The molecule has 0 atom stereocenters. The van der Waals surface area contributed by atoms with E-state index in [0.717, 1.165) is 11.1 Å². The van der Waals surface area contributed by atoms with Gasteiger partial charge in [-0.1, -0.05) is 18.2 Å². The summed E-state index contributed by atoms with van der Waals surface area (Å²) < 4.78 is 27.6. The Balaban J connectivity index is 2.19. The number of amides is 1. The molecule has 0 radical (unpaired) electrons. The number of aryl methyl sites for hydroxylation is 2. The van der Waals surface area contributed by atoms with Crippen LogP contribution in [0.25, 0.3) is 0 Å². The molecule has 1 amide bonds. The maximum Gasteiger partial charge on any atom is 0.261 e. The number of anilines is 1. The number of nitrogens with zero attached hydrogens (tertiary/aromatic N) is 1. The molecule has 142 valence electrons. The smallest absolute Gasteiger partial charge is 0.261 e. The number of nitrogens with one attached hydrogen (secondary N) is 1. The van der Waals surface area contributed by atoms with E-state index in [-0.39, 0.29) is 10.8 Å². The fraction of sp³-hybridized carbons (Fsp3) is 0.190. The summed E-state index contributed by atoms with van der Waals surface area (Å²) in [6.07, 6.45) is 3.29. The van der Waals surface area contributed by atoms with E-state index in [0.29, 0.717) is 24.3 Å². The van der Waals surface area contributed by atoms with Gasteiger partial charge in [0.05, 0.1) is 4.90 Å². The van der Waals surface area contributed by atoms with E-state index in [4.69, 9.17) is 0 Å². The number of hydrogen-bond acceptors (Lipinski definition) is 3. The van der Waals surface area contributed by atoms with E-state index in [2.05, 4.69) is 17.9 Å². The van der Waals surface area contributed by atoms with E-state index >= 15 is 0 Å². The molecule has 0 bridgehead atoms. The van der Waals surface area contributed by atoms with Crippen molar-refractivity contribution >= 4 is 21.6 Å². The standard InChI is InChI=1S/C21H24N2O3S/c1-5-13-23(14-6-2)21(24)18-8-10-19(11-9-18)22-27(25,26)20-12-7-16(3)17(4)15-20/h5-12,15,22H,1-2,13-14H2,3-4H3. The minimum Gasteiger partial charge on any atom is -0.331 e. The average molecular weight is 385 g/mol. The highest BCUT2D eigenvalue weighted by molar-refractivity contribution is 7.92. The van der Waals surface area contributed by atoms with E-state index in [9.17, 15) is 13.2 Å². The molecule has 0 heterocycles. The van der Waals surface area contributed by atoms with Gasteiger partial charge in [-0.15, -0.1) is 13.2 Å².